The summed E-state index contributed by atoms with van der Waals surface area (Å²) in [7, 11) is 0.614. The first-order valence-electron chi connectivity index (χ1n) is 13.3. The number of nitrogens with zero attached hydrogens (tertiary/aromatic N) is 1. The molecule has 0 saturated carbocycles. The number of carbonyl (C=O) groups is 2. The normalized spacial score (nSPS) is 17.2. The van der Waals surface area contributed by atoms with Crippen molar-refractivity contribution in [1.29, 1.82) is 0 Å². The molecule has 1 aliphatic carbocycles. The molecule has 1 aliphatic heterocycles. The van der Waals surface area contributed by atoms with Crippen LogP contribution >= 0.6 is 0 Å². The van der Waals surface area contributed by atoms with Gasteiger partial charge in [0.05, 0.1) is 18.3 Å². The molecule has 8 nitrogen and oxygen atoms in total. The first kappa shape index (κ1) is 27.6. The van der Waals surface area contributed by atoms with E-state index < -0.39 is 30.4 Å². The predicted molar refractivity (Wildman–Crippen MR) is 153 cm³/mol. The zero-order valence-corrected chi connectivity index (χ0v) is 23.4. The van der Waals surface area contributed by atoms with Crippen molar-refractivity contribution in [2.75, 3.05) is 20.3 Å². The van der Waals surface area contributed by atoms with Crippen LogP contribution in [0.5, 0.6) is 0 Å². The second-order valence-electron chi connectivity index (χ2n) is 11.0. The molecular weight excluding hydrogens is 507 g/mol. The van der Waals surface area contributed by atoms with Crippen molar-refractivity contribution in [1.82, 2.24) is 10.3 Å². The lowest BCUT2D eigenvalue weighted by molar-refractivity contribution is 0.00578. The third-order valence-corrected chi connectivity index (χ3v) is 7.87. The second-order valence-corrected chi connectivity index (χ2v) is 11.0. The molecule has 0 atom stereocenters. The van der Waals surface area contributed by atoms with E-state index in [0.717, 1.165) is 11.1 Å². The Hall–Kier alpha value is -3.95. The van der Waals surface area contributed by atoms with Gasteiger partial charge >= 0.3 is 19.2 Å². The average Bonchev–Trinajstić information content (AvgIpc) is 3.38. The van der Waals surface area contributed by atoms with Crippen LogP contribution in [0.2, 0.25) is 0 Å². The number of hydrogen-bond donors (Lipinski definition) is 1. The summed E-state index contributed by atoms with van der Waals surface area (Å²) in [4.78, 5) is 28.8. The fraction of sp³-hybridized carbons (Fsp3) is 0.323. The maximum Gasteiger partial charge on any atom is 0.492 e. The molecule has 9 heteroatoms. The molecule has 206 valence electrons. The summed E-state index contributed by atoms with van der Waals surface area (Å²) < 4.78 is 23.0. The van der Waals surface area contributed by atoms with E-state index >= 15 is 0 Å². The molecule has 1 aromatic heterocycles. The predicted octanol–water partition coefficient (Wildman–Crippen LogP) is 5.42. The SMILES string of the molecule is COC(=O)c1ccc(C=C(CNC(=O)OCC2c3ccccc3-c3ccccc32)B2OC(C)(C)C(C)(C)O2)cn1. The molecule has 0 bridgehead atoms. The van der Waals surface area contributed by atoms with E-state index in [4.69, 9.17) is 18.8 Å². The number of nitrogens with one attached hydrogen (secondary N) is 1. The summed E-state index contributed by atoms with van der Waals surface area (Å²) in [6, 6.07) is 19.8. The monoisotopic (exact) mass is 540 g/mol. The number of carbonyl (C=O) groups excluding carboxylic acids is 2. The highest BCUT2D eigenvalue weighted by molar-refractivity contribution is 6.56. The van der Waals surface area contributed by atoms with E-state index in [1.165, 1.54) is 18.2 Å². The fourth-order valence-electron chi connectivity index (χ4n) is 4.95. The topological polar surface area (TPSA) is 96.0 Å². The Morgan fingerprint density at radius 2 is 1.55 bits per heavy atom. The van der Waals surface area contributed by atoms with Gasteiger partial charge in [0.25, 0.3) is 0 Å². The number of amides is 1. The Morgan fingerprint density at radius 3 is 2.10 bits per heavy atom. The van der Waals surface area contributed by atoms with Gasteiger partial charge in [-0.3, -0.25) is 0 Å². The quantitative estimate of drug-likeness (QED) is 0.316. The Balaban J connectivity index is 1.30. The smallest absolute Gasteiger partial charge is 0.464 e. The lowest BCUT2D eigenvalue weighted by Crippen LogP contribution is -2.41. The maximum absolute atomic E-state index is 12.9. The van der Waals surface area contributed by atoms with Crippen LogP contribution in [-0.4, -0.2) is 55.6 Å². The molecule has 5 rings (SSSR count). The Labute approximate surface area is 234 Å². The van der Waals surface area contributed by atoms with Crippen molar-refractivity contribution < 1.29 is 28.4 Å². The van der Waals surface area contributed by atoms with Gasteiger partial charge in [0.2, 0.25) is 0 Å². The minimum Gasteiger partial charge on any atom is -0.464 e. The number of benzene rings is 2. The van der Waals surface area contributed by atoms with Gasteiger partial charge in [-0.2, -0.15) is 0 Å². The summed E-state index contributed by atoms with van der Waals surface area (Å²) in [5, 5.41) is 2.86. The third-order valence-electron chi connectivity index (χ3n) is 7.87. The lowest BCUT2D eigenvalue weighted by Gasteiger charge is -2.32. The molecule has 0 unspecified atom stereocenters. The van der Waals surface area contributed by atoms with Gasteiger partial charge in [0.1, 0.15) is 12.3 Å². The van der Waals surface area contributed by atoms with Crippen LogP contribution in [0.15, 0.2) is 72.3 Å². The van der Waals surface area contributed by atoms with Gasteiger partial charge < -0.3 is 24.1 Å². The van der Waals surface area contributed by atoms with Crippen molar-refractivity contribution in [3.05, 3.63) is 94.7 Å². The molecule has 1 saturated heterocycles. The number of fused-ring (bicyclic) bond motifs is 3. The number of hydrogen-bond acceptors (Lipinski definition) is 7. The van der Waals surface area contributed by atoms with E-state index in [9.17, 15) is 9.59 Å². The summed E-state index contributed by atoms with van der Waals surface area (Å²) >= 11 is 0. The Morgan fingerprint density at radius 1 is 0.950 bits per heavy atom. The highest BCUT2D eigenvalue weighted by atomic mass is 16.7. The van der Waals surface area contributed by atoms with Crippen LogP contribution < -0.4 is 5.32 Å². The third kappa shape index (κ3) is 5.39. The van der Waals surface area contributed by atoms with Gasteiger partial charge in [-0.1, -0.05) is 60.7 Å². The summed E-state index contributed by atoms with van der Waals surface area (Å²) in [6.45, 7) is 8.22. The molecule has 2 heterocycles. The van der Waals surface area contributed by atoms with Gasteiger partial charge in [0, 0.05) is 18.7 Å². The van der Waals surface area contributed by atoms with Crippen molar-refractivity contribution in [2.45, 2.75) is 44.8 Å². The zero-order chi connectivity index (χ0) is 28.5. The van der Waals surface area contributed by atoms with E-state index in [1.807, 2.05) is 58.0 Å². The fourth-order valence-corrected chi connectivity index (χ4v) is 4.95. The van der Waals surface area contributed by atoms with Crippen molar-refractivity contribution >= 4 is 25.3 Å². The molecule has 40 heavy (non-hydrogen) atoms. The van der Waals surface area contributed by atoms with Crippen LogP contribution in [-0.2, 0) is 18.8 Å². The summed E-state index contributed by atoms with van der Waals surface area (Å²) in [5.74, 6) is -0.547. The van der Waals surface area contributed by atoms with Crippen molar-refractivity contribution in [3.63, 3.8) is 0 Å². The van der Waals surface area contributed by atoms with Gasteiger partial charge in [-0.25, -0.2) is 14.6 Å². The highest BCUT2D eigenvalue weighted by Crippen LogP contribution is 2.44. The van der Waals surface area contributed by atoms with E-state index in [1.54, 1.807) is 18.3 Å². The molecule has 1 N–H and O–H groups in total. The standard InChI is InChI=1S/C31H33BN2O6/c1-30(2)31(3,4)40-32(39-30)21(16-20-14-15-27(33-17-20)28(35)37-5)18-34-29(36)38-19-26-24-12-8-6-10-22(24)23-11-7-9-13-25(23)26/h6-17,26H,18-19H2,1-5H3,(H,34,36). The largest absolute Gasteiger partial charge is 0.492 e. The molecular formula is C31H33BN2O6. The second kappa shape index (κ2) is 10.9. The number of rotatable bonds is 7. The van der Waals surface area contributed by atoms with Crippen LogP contribution in [0.25, 0.3) is 17.2 Å². The van der Waals surface area contributed by atoms with Crippen LogP contribution in [0, 0.1) is 0 Å². The maximum atomic E-state index is 12.9. The average molecular weight is 540 g/mol. The van der Waals surface area contributed by atoms with Gasteiger partial charge in [-0.15, -0.1) is 0 Å². The molecule has 1 amide bonds. The minimum atomic E-state index is -0.695. The van der Waals surface area contributed by atoms with Gasteiger partial charge in [-0.05, 0) is 67.1 Å². The molecule has 0 spiro atoms. The Bertz CT molecular complexity index is 1390. The zero-order valence-electron chi connectivity index (χ0n) is 23.4. The van der Waals surface area contributed by atoms with E-state index in [2.05, 4.69) is 34.6 Å². The lowest BCUT2D eigenvalue weighted by atomic mass is 9.77. The first-order valence-corrected chi connectivity index (χ1v) is 13.3. The minimum absolute atomic E-state index is 0.0318. The van der Waals surface area contributed by atoms with E-state index in [-0.39, 0.29) is 24.8 Å². The number of alkyl carbamates (subject to hydrolysis) is 1. The number of esters is 1. The number of ether oxygens (including phenoxy) is 2. The molecule has 1 fully saturated rings. The van der Waals surface area contributed by atoms with Crippen molar-refractivity contribution in [3.8, 4) is 11.1 Å². The van der Waals surface area contributed by atoms with E-state index in [0.29, 0.717) is 11.0 Å². The van der Waals surface area contributed by atoms with Gasteiger partial charge in [0.15, 0.2) is 0 Å². The van der Waals surface area contributed by atoms with Crippen LogP contribution in [0.3, 0.4) is 0 Å². The molecule has 3 aromatic rings. The molecule has 2 aromatic carbocycles. The number of methoxy groups -OCH3 is 1. The first-order chi connectivity index (χ1) is 19.1. The molecule has 0 radical (unpaired) electrons. The summed E-state index contributed by atoms with van der Waals surface area (Å²) in [5.41, 5.74) is 5.12. The van der Waals surface area contributed by atoms with Crippen LogP contribution in [0.4, 0.5) is 4.79 Å². The van der Waals surface area contributed by atoms with Crippen LogP contribution in [0.1, 0.15) is 60.8 Å². The van der Waals surface area contributed by atoms with Crippen molar-refractivity contribution in [2.24, 2.45) is 0 Å². The number of aromatic nitrogens is 1. The highest BCUT2D eigenvalue weighted by Gasteiger charge is 2.52. The summed E-state index contributed by atoms with van der Waals surface area (Å²) in [6.07, 6.45) is 2.86. The molecule has 2 aliphatic rings. The number of pyridine rings is 1. The Kier molecular flexibility index (Phi) is 7.53.